The van der Waals surface area contributed by atoms with Gasteiger partial charge in [0, 0.05) is 0 Å². The van der Waals surface area contributed by atoms with Crippen molar-refractivity contribution < 1.29 is 18.9 Å². The van der Waals surface area contributed by atoms with Crippen molar-refractivity contribution in [3.05, 3.63) is 77.7 Å². The third-order valence-corrected chi connectivity index (χ3v) is 3.02. The SMILES string of the molecule is CCCC[C-](c1ccccc1)c1ccccc1.[Li+]. The van der Waals surface area contributed by atoms with Crippen LogP contribution in [0.2, 0.25) is 0 Å². The van der Waals surface area contributed by atoms with Crippen LogP contribution in [0, 0.1) is 5.92 Å². The van der Waals surface area contributed by atoms with Gasteiger partial charge in [0.25, 0.3) is 0 Å². The van der Waals surface area contributed by atoms with Crippen LogP contribution >= 0.6 is 0 Å². The maximum atomic E-state index is 2.24. The Balaban J connectivity index is 0.00000162. The Morgan fingerprint density at radius 1 is 0.778 bits per heavy atom. The monoisotopic (exact) mass is 230 g/mol. The van der Waals surface area contributed by atoms with E-state index in [1.807, 2.05) is 0 Å². The summed E-state index contributed by atoms with van der Waals surface area (Å²) in [7, 11) is 0. The van der Waals surface area contributed by atoms with E-state index >= 15 is 0 Å². The average Bonchev–Trinajstić information content (AvgIpc) is 2.42. The standard InChI is InChI=1S/C17H19.Li/c1-2-3-14-17(15-10-6-4-7-11-15)16-12-8-5-9-13-16;/h4-13H,2-3,14H2,1H3;/q-1;+1. The zero-order valence-corrected chi connectivity index (χ0v) is 11.4. The minimum Gasteiger partial charge on any atom is -0.120 e. The Hall–Kier alpha value is -1.09. The van der Waals surface area contributed by atoms with Gasteiger partial charge in [0.05, 0.1) is 0 Å². The molecule has 88 valence electrons. The molecule has 0 aliphatic carbocycles. The molecule has 0 saturated carbocycles. The maximum Gasteiger partial charge on any atom is 1.00 e. The molecule has 0 aliphatic rings. The number of unbranched alkanes of at least 4 members (excludes halogenated alkanes) is 1. The van der Waals surface area contributed by atoms with Crippen LogP contribution in [0.3, 0.4) is 0 Å². The van der Waals surface area contributed by atoms with Crippen LogP contribution in [0.1, 0.15) is 37.3 Å². The van der Waals surface area contributed by atoms with Gasteiger partial charge in [0.1, 0.15) is 0 Å². The number of hydrogen-bond donors (Lipinski definition) is 0. The van der Waals surface area contributed by atoms with Crippen molar-refractivity contribution in [1.82, 2.24) is 0 Å². The summed E-state index contributed by atoms with van der Waals surface area (Å²) in [6.07, 6.45) is 3.65. The zero-order chi connectivity index (χ0) is 11.9. The first kappa shape index (κ1) is 15.0. The molecular formula is C17H19Li. The van der Waals surface area contributed by atoms with Crippen LogP contribution in [-0.2, 0) is 0 Å². The van der Waals surface area contributed by atoms with Crippen LogP contribution < -0.4 is 18.9 Å². The Labute approximate surface area is 123 Å². The van der Waals surface area contributed by atoms with Gasteiger partial charge in [-0.15, -0.1) is 41.3 Å². The molecule has 0 bridgehead atoms. The van der Waals surface area contributed by atoms with Crippen LogP contribution in [0.5, 0.6) is 0 Å². The third kappa shape index (κ3) is 3.98. The fourth-order valence-electron chi connectivity index (χ4n) is 2.09. The molecule has 2 aromatic carbocycles. The molecule has 2 aromatic rings. The van der Waals surface area contributed by atoms with E-state index in [9.17, 15) is 0 Å². The van der Waals surface area contributed by atoms with Crippen LogP contribution in [0.4, 0.5) is 0 Å². The normalized spacial score (nSPS) is 9.61. The van der Waals surface area contributed by atoms with E-state index < -0.39 is 0 Å². The van der Waals surface area contributed by atoms with Gasteiger partial charge in [-0.1, -0.05) is 62.6 Å². The molecule has 0 aliphatic heterocycles. The molecular weight excluding hydrogens is 211 g/mol. The van der Waals surface area contributed by atoms with Crippen molar-refractivity contribution in [3.8, 4) is 0 Å². The summed E-state index contributed by atoms with van der Waals surface area (Å²) in [6.45, 7) is 2.24. The third-order valence-electron chi connectivity index (χ3n) is 3.02. The Bertz CT molecular complexity index is 382. The molecule has 0 aromatic heterocycles. The second kappa shape index (κ2) is 8.09. The van der Waals surface area contributed by atoms with Crippen molar-refractivity contribution in [2.45, 2.75) is 26.2 Å². The van der Waals surface area contributed by atoms with Crippen LogP contribution in [0.25, 0.3) is 0 Å². The average molecular weight is 230 g/mol. The summed E-state index contributed by atoms with van der Waals surface area (Å²) in [5, 5.41) is 0. The molecule has 0 radical (unpaired) electrons. The molecule has 0 atom stereocenters. The van der Waals surface area contributed by atoms with Gasteiger partial charge in [-0.05, 0) is 0 Å². The molecule has 0 nitrogen and oxygen atoms in total. The number of benzene rings is 2. The molecule has 0 fully saturated rings. The van der Waals surface area contributed by atoms with E-state index in [1.165, 1.54) is 29.9 Å². The molecule has 2 rings (SSSR count). The van der Waals surface area contributed by atoms with Gasteiger partial charge in [-0.25, -0.2) is 0 Å². The molecule has 0 heterocycles. The van der Waals surface area contributed by atoms with Gasteiger partial charge in [0.2, 0.25) is 0 Å². The van der Waals surface area contributed by atoms with Gasteiger partial charge < -0.3 is 0 Å². The first-order valence-corrected chi connectivity index (χ1v) is 6.38. The van der Waals surface area contributed by atoms with E-state index in [0.717, 1.165) is 6.42 Å². The van der Waals surface area contributed by atoms with Crippen LogP contribution in [0.15, 0.2) is 60.7 Å². The minimum absolute atomic E-state index is 0. The topological polar surface area (TPSA) is 0 Å². The molecule has 0 N–H and O–H groups in total. The molecule has 0 spiro atoms. The fourth-order valence-corrected chi connectivity index (χ4v) is 2.09. The summed E-state index contributed by atoms with van der Waals surface area (Å²) in [5.41, 5.74) is 2.71. The number of rotatable bonds is 5. The maximum absolute atomic E-state index is 2.24. The largest absolute Gasteiger partial charge is 1.00 e. The predicted octanol–water partition coefficient (Wildman–Crippen LogP) is 1.85. The van der Waals surface area contributed by atoms with Gasteiger partial charge in [-0.3, -0.25) is 0 Å². The second-order valence-corrected chi connectivity index (χ2v) is 4.31. The molecule has 1 heteroatoms. The fraction of sp³-hybridized carbons (Fsp3) is 0.235. The van der Waals surface area contributed by atoms with E-state index in [2.05, 4.69) is 67.6 Å². The van der Waals surface area contributed by atoms with Crippen molar-refractivity contribution >= 4 is 0 Å². The summed E-state index contributed by atoms with van der Waals surface area (Å²) in [6, 6.07) is 21.4. The molecule has 0 amide bonds. The molecule has 0 saturated heterocycles. The molecule has 18 heavy (non-hydrogen) atoms. The minimum atomic E-state index is 0. The number of hydrogen-bond acceptors (Lipinski definition) is 0. The van der Waals surface area contributed by atoms with Crippen molar-refractivity contribution in [2.75, 3.05) is 0 Å². The van der Waals surface area contributed by atoms with Gasteiger partial charge in [-0.2, -0.15) is 0 Å². The van der Waals surface area contributed by atoms with Crippen molar-refractivity contribution in [2.24, 2.45) is 0 Å². The zero-order valence-electron chi connectivity index (χ0n) is 11.4. The summed E-state index contributed by atoms with van der Waals surface area (Å²) in [4.78, 5) is 0. The quantitative estimate of drug-likeness (QED) is 0.543. The van der Waals surface area contributed by atoms with Gasteiger partial charge >= 0.3 is 18.9 Å². The van der Waals surface area contributed by atoms with Crippen molar-refractivity contribution in [1.29, 1.82) is 0 Å². The van der Waals surface area contributed by atoms with E-state index in [1.54, 1.807) is 0 Å². The Morgan fingerprint density at radius 3 is 1.61 bits per heavy atom. The summed E-state index contributed by atoms with van der Waals surface area (Å²) >= 11 is 0. The van der Waals surface area contributed by atoms with Crippen LogP contribution in [-0.4, -0.2) is 0 Å². The predicted molar refractivity (Wildman–Crippen MR) is 73.9 cm³/mol. The summed E-state index contributed by atoms with van der Waals surface area (Å²) in [5.74, 6) is 1.47. The Morgan fingerprint density at radius 2 is 1.22 bits per heavy atom. The first-order chi connectivity index (χ1) is 8.42. The molecule has 0 unspecified atom stereocenters. The Kier molecular flexibility index (Phi) is 6.72. The second-order valence-electron chi connectivity index (χ2n) is 4.31. The summed E-state index contributed by atoms with van der Waals surface area (Å²) < 4.78 is 0. The van der Waals surface area contributed by atoms with Gasteiger partial charge in [0.15, 0.2) is 0 Å². The smallest absolute Gasteiger partial charge is 0.120 e. The van der Waals surface area contributed by atoms with E-state index in [0.29, 0.717) is 0 Å². The van der Waals surface area contributed by atoms with E-state index in [-0.39, 0.29) is 18.9 Å². The first-order valence-electron chi connectivity index (χ1n) is 6.38. The van der Waals surface area contributed by atoms with Crippen molar-refractivity contribution in [3.63, 3.8) is 0 Å². The van der Waals surface area contributed by atoms with E-state index in [4.69, 9.17) is 0 Å².